The van der Waals surface area contributed by atoms with Crippen LogP contribution >= 0.6 is 11.6 Å². The molecule has 0 spiro atoms. The van der Waals surface area contributed by atoms with Crippen LogP contribution in [0.1, 0.15) is 54.4 Å². The third kappa shape index (κ3) is 1.91. The first kappa shape index (κ1) is 11.3. The molecule has 4 rings (SSSR count). The molecule has 1 aromatic rings. The monoisotopic (exact) mass is 248 g/mol. The van der Waals surface area contributed by atoms with Crippen molar-refractivity contribution >= 4 is 16.8 Å². The first-order chi connectivity index (χ1) is 8.20. The molecule has 3 saturated carbocycles. The molecule has 0 heterocycles. The fourth-order valence-corrected chi connectivity index (χ4v) is 3.76. The first-order valence-electron chi connectivity index (χ1n) is 6.50. The predicted octanol–water partition coefficient (Wildman–Crippen LogP) is 4.29. The third-order valence-electron chi connectivity index (χ3n) is 4.82. The first-order valence-corrected chi connectivity index (χ1v) is 6.88. The Morgan fingerprint density at radius 2 is 1.59 bits per heavy atom. The Morgan fingerprint density at radius 1 is 1.06 bits per heavy atom. The van der Waals surface area contributed by atoms with Crippen LogP contribution in [0.25, 0.3) is 0 Å². The lowest BCUT2D eigenvalue weighted by Crippen LogP contribution is -2.37. The molecule has 0 amide bonds. The molecule has 0 atom stereocenters. The molecule has 2 heteroatoms. The Balaban J connectivity index is 1.90. The quantitative estimate of drug-likeness (QED) is 0.714. The Kier molecular flexibility index (Phi) is 2.74. The molecule has 0 aliphatic heterocycles. The topological polar surface area (TPSA) is 17.1 Å². The van der Waals surface area contributed by atoms with Crippen molar-refractivity contribution in [3.63, 3.8) is 0 Å². The van der Waals surface area contributed by atoms with E-state index >= 15 is 0 Å². The fraction of sp³-hybridized carbons (Fsp3) is 0.533. The van der Waals surface area contributed by atoms with Crippen molar-refractivity contribution < 1.29 is 4.79 Å². The van der Waals surface area contributed by atoms with E-state index in [9.17, 15) is 4.79 Å². The van der Waals surface area contributed by atoms with Gasteiger partial charge in [-0.2, -0.15) is 0 Å². The molecule has 3 aliphatic carbocycles. The van der Waals surface area contributed by atoms with Crippen LogP contribution in [-0.2, 0) is 5.41 Å². The fourth-order valence-electron chi connectivity index (χ4n) is 3.64. The van der Waals surface area contributed by atoms with Gasteiger partial charge in [-0.3, -0.25) is 4.79 Å². The van der Waals surface area contributed by atoms with Crippen molar-refractivity contribution in [2.45, 2.75) is 43.9 Å². The molecule has 2 bridgehead atoms. The van der Waals surface area contributed by atoms with Crippen LogP contribution in [0.5, 0.6) is 0 Å². The molecule has 3 fully saturated rings. The minimum atomic E-state index is -0.360. The number of carbonyl (C=O) groups excluding carboxylic acids is 1. The van der Waals surface area contributed by atoms with Gasteiger partial charge in [-0.15, -0.1) is 0 Å². The summed E-state index contributed by atoms with van der Waals surface area (Å²) < 4.78 is 0. The number of halogens is 1. The molecule has 0 unspecified atom stereocenters. The van der Waals surface area contributed by atoms with Gasteiger partial charge < -0.3 is 0 Å². The largest absolute Gasteiger partial charge is 0.276 e. The van der Waals surface area contributed by atoms with Crippen LogP contribution in [0.3, 0.4) is 0 Å². The molecular formula is C15H17ClO. The van der Waals surface area contributed by atoms with Gasteiger partial charge in [0.15, 0.2) is 0 Å². The van der Waals surface area contributed by atoms with E-state index in [0.29, 0.717) is 11.0 Å². The Bertz CT molecular complexity index is 413. The summed E-state index contributed by atoms with van der Waals surface area (Å²) in [7, 11) is 0. The van der Waals surface area contributed by atoms with E-state index in [1.807, 2.05) is 12.1 Å². The summed E-state index contributed by atoms with van der Waals surface area (Å²) >= 11 is 5.48. The van der Waals surface area contributed by atoms with Gasteiger partial charge in [0.1, 0.15) is 0 Å². The lowest BCUT2D eigenvalue weighted by Gasteiger charge is -2.47. The van der Waals surface area contributed by atoms with Gasteiger partial charge in [-0.1, -0.05) is 12.1 Å². The molecule has 0 saturated heterocycles. The van der Waals surface area contributed by atoms with E-state index in [0.717, 1.165) is 5.92 Å². The SMILES string of the molecule is O=C(Cl)c1ccc(C23CCC(CC2)CC3)cc1. The van der Waals surface area contributed by atoms with Gasteiger partial charge >= 0.3 is 0 Å². The molecule has 1 aromatic carbocycles. The van der Waals surface area contributed by atoms with Crippen LogP contribution in [0, 0.1) is 5.92 Å². The van der Waals surface area contributed by atoms with Gasteiger partial charge in [-0.05, 0) is 79.2 Å². The highest BCUT2D eigenvalue weighted by Crippen LogP contribution is 2.51. The summed E-state index contributed by atoms with van der Waals surface area (Å²) in [5.41, 5.74) is 2.43. The summed E-state index contributed by atoms with van der Waals surface area (Å²) in [6.45, 7) is 0. The van der Waals surface area contributed by atoms with Crippen LogP contribution in [-0.4, -0.2) is 5.24 Å². The normalized spacial score (nSPS) is 31.5. The maximum absolute atomic E-state index is 11.1. The van der Waals surface area contributed by atoms with Gasteiger partial charge in [0.25, 0.3) is 5.24 Å². The maximum Gasteiger partial charge on any atom is 0.252 e. The van der Waals surface area contributed by atoms with Crippen molar-refractivity contribution in [1.29, 1.82) is 0 Å². The summed E-state index contributed by atoms with van der Waals surface area (Å²) in [6.07, 6.45) is 8.13. The predicted molar refractivity (Wildman–Crippen MR) is 69.5 cm³/mol. The van der Waals surface area contributed by atoms with E-state index in [-0.39, 0.29) is 5.24 Å². The lowest BCUT2D eigenvalue weighted by molar-refractivity contribution is 0.108. The van der Waals surface area contributed by atoms with E-state index in [4.69, 9.17) is 11.6 Å². The molecule has 0 N–H and O–H groups in total. The molecule has 17 heavy (non-hydrogen) atoms. The summed E-state index contributed by atoms with van der Waals surface area (Å²) in [5, 5.41) is -0.360. The van der Waals surface area contributed by atoms with Crippen molar-refractivity contribution in [1.82, 2.24) is 0 Å². The van der Waals surface area contributed by atoms with Crippen molar-refractivity contribution in [2.24, 2.45) is 5.92 Å². The number of benzene rings is 1. The zero-order valence-corrected chi connectivity index (χ0v) is 10.7. The van der Waals surface area contributed by atoms with E-state index in [1.54, 1.807) is 0 Å². The smallest absolute Gasteiger partial charge is 0.252 e. The zero-order chi connectivity index (χ0) is 11.9. The second kappa shape index (κ2) is 4.13. The average Bonchev–Trinajstić information content (AvgIpc) is 2.41. The minimum Gasteiger partial charge on any atom is -0.276 e. The molecule has 90 valence electrons. The number of hydrogen-bond donors (Lipinski definition) is 0. The zero-order valence-electron chi connectivity index (χ0n) is 9.92. The number of hydrogen-bond acceptors (Lipinski definition) is 1. The molecule has 0 aromatic heterocycles. The highest BCUT2D eigenvalue weighted by molar-refractivity contribution is 6.67. The Hall–Kier alpha value is -0.820. The van der Waals surface area contributed by atoms with E-state index < -0.39 is 0 Å². The number of carbonyl (C=O) groups is 1. The summed E-state index contributed by atoms with van der Waals surface area (Å²) in [4.78, 5) is 11.1. The van der Waals surface area contributed by atoms with Crippen molar-refractivity contribution in [2.75, 3.05) is 0 Å². The maximum atomic E-state index is 11.1. The molecule has 0 radical (unpaired) electrons. The van der Waals surface area contributed by atoms with Gasteiger partial charge in [-0.25, -0.2) is 0 Å². The Morgan fingerprint density at radius 3 is 2.06 bits per heavy atom. The Labute approximate surface area is 107 Å². The number of fused-ring (bicyclic) bond motifs is 3. The summed E-state index contributed by atoms with van der Waals surface area (Å²) in [6, 6.07) is 7.97. The average molecular weight is 249 g/mol. The molecule has 1 nitrogen and oxygen atoms in total. The van der Waals surface area contributed by atoms with Gasteiger partial charge in [0, 0.05) is 5.56 Å². The van der Waals surface area contributed by atoms with Gasteiger partial charge in [0.2, 0.25) is 0 Å². The highest BCUT2D eigenvalue weighted by atomic mass is 35.5. The minimum absolute atomic E-state index is 0.360. The van der Waals surface area contributed by atoms with Crippen LogP contribution in [0.4, 0.5) is 0 Å². The van der Waals surface area contributed by atoms with Crippen molar-refractivity contribution in [3.8, 4) is 0 Å². The molecule has 3 aliphatic rings. The van der Waals surface area contributed by atoms with E-state index in [2.05, 4.69) is 12.1 Å². The van der Waals surface area contributed by atoms with Gasteiger partial charge in [0.05, 0.1) is 0 Å². The van der Waals surface area contributed by atoms with Crippen LogP contribution < -0.4 is 0 Å². The second-order valence-corrected chi connectivity index (χ2v) is 5.96. The standard InChI is InChI=1S/C15H17ClO/c16-14(17)12-1-3-13(4-2-12)15-8-5-11(6-9-15)7-10-15/h1-4,11H,5-10H2. The summed E-state index contributed by atoms with van der Waals surface area (Å²) in [5.74, 6) is 0.987. The lowest BCUT2D eigenvalue weighted by atomic mass is 9.58. The van der Waals surface area contributed by atoms with Crippen LogP contribution in [0.2, 0.25) is 0 Å². The third-order valence-corrected chi connectivity index (χ3v) is 5.04. The second-order valence-electron chi connectivity index (χ2n) is 5.61. The number of rotatable bonds is 2. The van der Waals surface area contributed by atoms with E-state index in [1.165, 1.54) is 44.1 Å². The molecular weight excluding hydrogens is 232 g/mol. The van der Waals surface area contributed by atoms with Crippen LogP contribution in [0.15, 0.2) is 24.3 Å². The highest BCUT2D eigenvalue weighted by Gasteiger charge is 2.41. The van der Waals surface area contributed by atoms with Crippen molar-refractivity contribution in [3.05, 3.63) is 35.4 Å².